The Hall–Kier alpha value is -2.83. The van der Waals surface area contributed by atoms with Crippen LogP contribution in [0.15, 0.2) is 77.1 Å². The molecule has 1 fully saturated rings. The molecular formula is C26H32N4OS. The second-order valence-corrected chi connectivity index (χ2v) is 8.96. The van der Waals surface area contributed by atoms with Gasteiger partial charge in [0.1, 0.15) is 0 Å². The van der Waals surface area contributed by atoms with E-state index >= 15 is 0 Å². The van der Waals surface area contributed by atoms with E-state index in [-0.39, 0.29) is 0 Å². The number of hydrogen-bond donors (Lipinski definition) is 2. The van der Waals surface area contributed by atoms with Gasteiger partial charge in [-0.15, -0.1) is 11.3 Å². The van der Waals surface area contributed by atoms with E-state index in [0.717, 1.165) is 38.4 Å². The minimum atomic E-state index is 0.446. The van der Waals surface area contributed by atoms with Gasteiger partial charge in [0.2, 0.25) is 0 Å². The number of guanidine groups is 1. The predicted molar refractivity (Wildman–Crippen MR) is 134 cm³/mol. The van der Waals surface area contributed by atoms with Crippen molar-refractivity contribution in [2.75, 3.05) is 25.0 Å². The first-order chi connectivity index (χ1) is 15.8. The van der Waals surface area contributed by atoms with E-state index in [9.17, 15) is 0 Å². The number of thiophene rings is 1. The molecule has 2 aromatic carbocycles. The molecule has 6 heteroatoms. The maximum Gasteiger partial charge on any atom is 0.191 e. The zero-order valence-electron chi connectivity index (χ0n) is 18.7. The largest absolute Gasteiger partial charge is 0.372 e. The van der Waals surface area contributed by atoms with Crippen LogP contribution in [0.4, 0.5) is 5.00 Å². The van der Waals surface area contributed by atoms with Gasteiger partial charge in [0.25, 0.3) is 0 Å². The zero-order chi connectivity index (χ0) is 22.0. The number of piperidine rings is 1. The van der Waals surface area contributed by atoms with Crippen molar-refractivity contribution in [2.24, 2.45) is 4.99 Å². The molecule has 2 heterocycles. The Morgan fingerprint density at radius 2 is 1.72 bits per heavy atom. The van der Waals surface area contributed by atoms with Crippen LogP contribution < -0.4 is 15.5 Å². The lowest BCUT2D eigenvalue weighted by molar-refractivity contribution is 0.106. The van der Waals surface area contributed by atoms with E-state index in [1.165, 1.54) is 21.7 Å². The zero-order valence-corrected chi connectivity index (χ0v) is 19.5. The van der Waals surface area contributed by atoms with Crippen LogP contribution in [-0.4, -0.2) is 32.1 Å². The number of anilines is 1. The third-order valence-electron chi connectivity index (χ3n) is 5.81. The van der Waals surface area contributed by atoms with Gasteiger partial charge in [0.15, 0.2) is 5.96 Å². The Morgan fingerprint density at radius 3 is 2.44 bits per heavy atom. The maximum absolute atomic E-state index is 5.96. The molecule has 0 aliphatic carbocycles. The van der Waals surface area contributed by atoms with Gasteiger partial charge in [0, 0.05) is 32.7 Å². The summed E-state index contributed by atoms with van der Waals surface area (Å²) in [4.78, 5) is 6.93. The number of hydrogen-bond acceptors (Lipinski definition) is 4. The van der Waals surface area contributed by atoms with Crippen LogP contribution in [0.25, 0.3) is 0 Å². The van der Waals surface area contributed by atoms with Crippen molar-refractivity contribution in [2.45, 2.75) is 38.6 Å². The average molecular weight is 449 g/mol. The Kier molecular flexibility index (Phi) is 8.17. The molecule has 5 nitrogen and oxygen atoms in total. The lowest BCUT2D eigenvalue weighted by Gasteiger charge is -2.33. The van der Waals surface area contributed by atoms with E-state index < -0.39 is 0 Å². The molecule has 2 N–H and O–H groups in total. The van der Waals surface area contributed by atoms with Gasteiger partial charge in [-0.1, -0.05) is 54.6 Å². The summed E-state index contributed by atoms with van der Waals surface area (Å²) < 4.78 is 5.96. The minimum Gasteiger partial charge on any atom is -0.372 e. The molecule has 0 saturated carbocycles. The molecule has 0 radical (unpaired) electrons. The standard InChI is InChI=1S/C26H32N4OS/c1-27-26(29-24-13-15-30(16-14-24)25-12-7-17-32-25)28-18-22-10-5-6-11-23(22)20-31-19-21-8-3-2-4-9-21/h2-12,17,24H,13-16,18-20H2,1H3,(H2,27,28,29). The summed E-state index contributed by atoms with van der Waals surface area (Å²) >= 11 is 1.82. The number of aliphatic imine (C=N–C) groups is 1. The van der Waals surface area contributed by atoms with E-state index in [4.69, 9.17) is 4.74 Å². The van der Waals surface area contributed by atoms with Crippen molar-refractivity contribution in [3.8, 4) is 0 Å². The summed E-state index contributed by atoms with van der Waals surface area (Å²) in [5.41, 5.74) is 3.63. The van der Waals surface area contributed by atoms with Gasteiger partial charge < -0.3 is 20.3 Å². The summed E-state index contributed by atoms with van der Waals surface area (Å²) in [6.45, 7) is 4.10. The molecule has 1 aromatic heterocycles. The third-order valence-corrected chi connectivity index (χ3v) is 6.74. The summed E-state index contributed by atoms with van der Waals surface area (Å²) in [7, 11) is 1.84. The molecule has 0 spiro atoms. The predicted octanol–water partition coefficient (Wildman–Crippen LogP) is 4.80. The van der Waals surface area contributed by atoms with Crippen LogP contribution in [0.5, 0.6) is 0 Å². The lowest BCUT2D eigenvalue weighted by Crippen LogP contribution is -2.48. The summed E-state index contributed by atoms with van der Waals surface area (Å²) in [5.74, 6) is 0.861. The molecule has 168 valence electrons. The number of nitrogens with zero attached hydrogens (tertiary/aromatic N) is 2. The second kappa shape index (κ2) is 11.7. The molecule has 3 aromatic rings. The second-order valence-electron chi connectivity index (χ2n) is 8.03. The Morgan fingerprint density at radius 1 is 0.969 bits per heavy atom. The van der Waals surface area contributed by atoms with Crippen molar-refractivity contribution < 1.29 is 4.74 Å². The first kappa shape index (κ1) is 22.4. The van der Waals surface area contributed by atoms with E-state index in [2.05, 4.69) is 74.4 Å². The Balaban J connectivity index is 1.24. The van der Waals surface area contributed by atoms with Crippen LogP contribution in [0, 0.1) is 0 Å². The van der Waals surface area contributed by atoms with Gasteiger partial charge in [0.05, 0.1) is 18.2 Å². The summed E-state index contributed by atoms with van der Waals surface area (Å²) in [6.07, 6.45) is 2.23. The first-order valence-electron chi connectivity index (χ1n) is 11.3. The maximum atomic E-state index is 5.96. The first-order valence-corrected chi connectivity index (χ1v) is 12.1. The van der Waals surface area contributed by atoms with Crippen LogP contribution in [0.3, 0.4) is 0 Å². The molecule has 0 amide bonds. The number of nitrogens with one attached hydrogen (secondary N) is 2. The molecule has 32 heavy (non-hydrogen) atoms. The fraction of sp³-hybridized carbons (Fsp3) is 0.346. The van der Waals surface area contributed by atoms with Gasteiger partial charge in [-0.25, -0.2) is 0 Å². The monoisotopic (exact) mass is 448 g/mol. The fourth-order valence-electron chi connectivity index (χ4n) is 3.98. The van der Waals surface area contributed by atoms with E-state index in [1.807, 2.05) is 36.6 Å². The summed E-state index contributed by atoms with van der Waals surface area (Å²) in [5, 5.41) is 10.6. The molecule has 1 aliphatic rings. The average Bonchev–Trinajstić information content (AvgIpc) is 3.39. The summed E-state index contributed by atoms with van der Waals surface area (Å²) in [6, 6.07) is 23.5. The van der Waals surface area contributed by atoms with Crippen molar-refractivity contribution in [3.05, 3.63) is 88.8 Å². The smallest absolute Gasteiger partial charge is 0.191 e. The molecule has 1 saturated heterocycles. The third kappa shape index (κ3) is 6.34. The van der Waals surface area contributed by atoms with E-state index in [1.54, 1.807) is 0 Å². The van der Waals surface area contributed by atoms with Crippen molar-refractivity contribution in [3.63, 3.8) is 0 Å². The van der Waals surface area contributed by atoms with Crippen LogP contribution in [0.1, 0.15) is 29.5 Å². The molecule has 4 rings (SSSR count). The van der Waals surface area contributed by atoms with Crippen molar-refractivity contribution in [1.82, 2.24) is 10.6 Å². The van der Waals surface area contributed by atoms with E-state index in [0.29, 0.717) is 19.3 Å². The molecule has 0 unspecified atom stereocenters. The lowest BCUT2D eigenvalue weighted by atomic mass is 10.1. The molecule has 0 atom stereocenters. The number of rotatable bonds is 8. The highest BCUT2D eigenvalue weighted by Crippen LogP contribution is 2.24. The number of benzene rings is 2. The van der Waals surface area contributed by atoms with Crippen molar-refractivity contribution >= 4 is 22.3 Å². The Labute approximate surface area is 195 Å². The fourth-order valence-corrected chi connectivity index (χ4v) is 4.77. The van der Waals surface area contributed by atoms with Gasteiger partial charge in [-0.05, 0) is 47.0 Å². The van der Waals surface area contributed by atoms with Crippen LogP contribution >= 0.6 is 11.3 Å². The molecular weight excluding hydrogens is 416 g/mol. The highest BCUT2D eigenvalue weighted by molar-refractivity contribution is 7.14. The highest BCUT2D eigenvalue weighted by Gasteiger charge is 2.20. The van der Waals surface area contributed by atoms with Gasteiger partial charge in [-0.3, -0.25) is 4.99 Å². The van der Waals surface area contributed by atoms with Crippen molar-refractivity contribution in [1.29, 1.82) is 0 Å². The normalized spacial score (nSPS) is 15.0. The molecule has 1 aliphatic heterocycles. The van der Waals surface area contributed by atoms with Crippen LogP contribution in [-0.2, 0) is 24.5 Å². The van der Waals surface area contributed by atoms with Crippen LogP contribution in [0.2, 0.25) is 0 Å². The minimum absolute atomic E-state index is 0.446. The SMILES string of the molecule is CN=C(NCc1ccccc1COCc1ccccc1)NC1CCN(c2cccs2)CC1. The molecule has 0 bridgehead atoms. The Bertz CT molecular complexity index is 967. The van der Waals surface area contributed by atoms with Gasteiger partial charge >= 0.3 is 0 Å². The highest BCUT2D eigenvalue weighted by atomic mass is 32.1. The quantitative estimate of drug-likeness (QED) is 0.384. The number of ether oxygens (including phenoxy) is 1. The topological polar surface area (TPSA) is 48.9 Å². The van der Waals surface area contributed by atoms with Gasteiger partial charge in [-0.2, -0.15) is 0 Å².